The lowest BCUT2D eigenvalue weighted by molar-refractivity contribution is 0.354. The van der Waals surface area contributed by atoms with E-state index < -0.39 is 0 Å². The van der Waals surface area contributed by atoms with E-state index in [1.54, 1.807) is 6.07 Å². The topological polar surface area (TPSA) is 12.0 Å². The zero-order valence-corrected chi connectivity index (χ0v) is 12.1. The Bertz CT molecular complexity index is 433. The van der Waals surface area contributed by atoms with Gasteiger partial charge in [-0.3, -0.25) is 0 Å². The molecule has 0 saturated heterocycles. The summed E-state index contributed by atoms with van der Waals surface area (Å²) in [5, 5.41) is 3.99. The molecule has 3 heteroatoms. The molecule has 1 aliphatic carbocycles. The fraction of sp³-hybridized carbons (Fsp3) is 0.600. The molecule has 0 atom stereocenters. The Hall–Kier alpha value is -0.600. The molecule has 1 aliphatic rings. The van der Waals surface area contributed by atoms with Gasteiger partial charge in [-0.2, -0.15) is 0 Å². The minimum atomic E-state index is -0.176. The highest BCUT2D eigenvalue weighted by atomic mass is 35.5. The van der Waals surface area contributed by atoms with Crippen LogP contribution in [0.4, 0.5) is 4.39 Å². The van der Waals surface area contributed by atoms with Crippen molar-refractivity contribution >= 4 is 11.6 Å². The summed E-state index contributed by atoms with van der Waals surface area (Å²) in [6, 6.07) is 4.99. The predicted molar refractivity (Wildman–Crippen MR) is 74.5 cm³/mol. The Kier molecular flexibility index (Phi) is 3.70. The molecule has 0 bridgehead atoms. The normalized spacial score (nSPS) is 17.8. The molecule has 0 amide bonds. The first-order valence-corrected chi connectivity index (χ1v) is 6.87. The lowest BCUT2D eigenvalue weighted by atomic mass is 9.95. The van der Waals surface area contributed by atoms with Crippen LogP contribution in [0.2, 0.25) is 5.02 Å². The molecule has 1 aromatic rings. The van der Waals surface area contributed by atoms with Crippen molar-refractivity contribution < 1.29 is 4.39 Å². The second kappa shape index (κ2) is 4.82. The summed E-state index contributed by atoms with van der Waals surface area (Å²) < 4.78 is 13.8. The van der Waals surface area contributed by atoms with Crippen molar-refractivity contribution in [3.63, 3.8) is 0 Å². The molecule has 2 rings (SSSR count). The van der Waals surface area contributed by atoms with Crippen molar-refractivity contribution in [3.8, 4) is 0 Å². The van der Waals surface area contributed by atoms with Gasteiger partial charge in [-0.25, -0.2) is 4.39 Å². The van der Waals surface area contributed by atoms with Crippen LogP contribution in [0.15, 0.2) is 18.2 Å². The molecular weight excluding hydrogens is 249 g/mol. The number of rotatable bonds is 4. The van der Waals surface area contributed by atoms with Crippen LogP contribution in [0.25, 0.3) is 0 Å². The van der Waals surface area contributed by atoms with E-state index in [1.165, 1.54) is 18.9 Å². The number of benzene rings is 1. The van der Waals surface area contributed by atoms with Gasteiger partial charge >= 0.3 is 0 Å². The van der Waals surface area contributed by atoms with Crippen LogP contribution < -0.4 is 5.32 Å². The number of hydrogen-bond acceptors (Lipinski definition) is 1. The average Bonchev–Trinajstić information content (AvgIpc) is 3.00. The van der Waals surface area contributed by atoms with E-state index >= 15 is 0 Å². The third kappa shape index (κ3) is 3.69. The van der Waals surface area contributed by atoms with Crippen molar-refractivity contribution in [2.75, 3.05) is 6.54 Å². The smallest absolute Gasteiger partial charge is 0.127 e. The van der Waals surface area contributed by atoms with Gasteiger partial charge in [0.15, 0.2) is 0 Å². The summed E-state index contributed by atoms with van der Waals surface area (Å²) in [5.74, 6) is -0.176. The van der Waals surface area contributed by atoms with Crippen molar-refractivity contribution in [1.29, 1.82) is 0 Å². The van der Waals surface area contributed by atoms with Crippen LogP contribution in [0, 0.1) is 11.2 Å². The van der Waals surface area contributed by atoms with E-state index in [2.05, 4.69) is 26.1 Å². The molecule has 1 saturated carbocycles. The Morgan fingerprint density at radius 1 is 1.33 bits per heavy atom. The van der Waals surface area contributed by atoms with Gasteiger partial charge in [0.2, 0.25) is 0 Å². The fourth-order valence-electron chi connectivity index (χ4n) is 2.11. The highest BCUT2D eigenvalue weighted by Crippen LogP contribution is 2.48. The van der Waals surface area contributed by atoms with Gasteiger partial charge < -0.3 is 5.32 Å². The van der Waals surface area contributed by atoms with Crippen LogP contribution in [0.1, 0.15) is 39.2 Å². The molecule has 0 radical (unpaired) electrons. The monoisotopic (exact) mass is 269 g/mol. The van der Waals surface area contributed by atoms with E-state index in [4.69, 9.17) is 11.6 Å². The van der Waals surface area contributed by atoms with Crippen molar-refractivity contribution in [2.45, 2.75) is 45.6 Å². The number of hydrogen-bond donors (Lipinski definition) is 1. The molecule has 0 heterocycles. The van der Waals surface area contributed by atoms with E-state index in [-0.39, 0.29) is 16.8 Å². The first-order valence-electron chi connectivity index (χ1n) is 6.49. The zero-order chi connectivity index (χ0) is 13.4. The highest BCUT2D eigenvalue weighted by Gasteiger charge is 2.43. The molecule has 1 fully saturated rings. The standard InChI is InChI=1S/C15H21ClFN/c1-14(2,3)18-10-15(6-7-15)9-11-4-5-12(16)8-13(11)17/h4-5,8,18H,6-7,9-10H2,1-3H3. The second-order valence-corrected chi connectivity index (χ2v) is 6.95. The summed E-state index contributed by atoms with van der Waals surface area (Å²) in [4.78, 5) is 0. The third-order valence-corrected chi connectivity index (χ3v) is 3.77. The van der Waals surface area contributed by atoms with Gasteiger partial charge in [-0.05, 0) is 63.1 Å². The van der Waals surface area contributed by atoms with Crippen molar-refractivity contribution in [3.05, 3.63) is 34.6 Å². The summed E-state index contributed by atoms with van der Waals surface area (Å²) in [5.41, 5.74) is 1.16. The molecule has 1 aromatic carbocycles. The summed E-state index contributed by atoms with van der Waals surface area (Å²) >= 11 is 5.77. The largest absolute Gasteiger partial charge is 0.312 e. The van der Waals surface area contributed by atoms with E-state index in [9.17, 15) is 4.39 Å². The lowest BCUT2D eigenvalue weighted by Crippen LogP contribution is -2.40. The Balaban J connectivity index is 2.00. The van der Waals surface area contributed by atoms with Crippen LogP contribution in [-0.4, -0.2) is 12.1 Å². The molecule has 0 aromatic heterocycles. The first kappa shape index (κ1) is 13.8. The average molecular weight is 270 g/mol. The molecule has 0 unspecified atom stereocenters. The molecule has 100 valence electrons. The summed E-state index contributed by atoms with van der Waals surface area (Å²) in [6.07, 6.45) is 3.16. The Morgan fingerprint density at radius 3 is 2.50 bits per heavy atom. The second-order valence-electron chi connectivity index (χ2n) is 6.52. The maximum Gasteiger partial charge on any atom is 0.127 e. The number of nitrogens with one attached hydrogen (secondary N) is 1. The minimum absolute atomic E-state index is 0.119. The molecule has 0 aliphatic heterocycles. The van der Waals surface area contributed by atoms with Crippen LogP contribution in [0.5, 0.6) is 0 Å². The SMILES string of the molecule is CC(C)(C)NCC1(Cc2ccc(Cl)cc2F)CC1. The van der Waals surface area contributed by atoms with Gasteiger partial charge in [-0.15, -0.1) is 0 Å². The number of halogens is 2. The van der Waals surface area contributed by atoms with E-state index in [1.807, 2.05) is 6.07 Å². The van der Waals surface area contributed by atoms with Crippen LogP contribution in [0.3, 0.4) is 0 Å². The molecule has 1 nitrogen and oxygen atoms in total. The Morgan fingerprint density at radius 2 is 2.00 bits per heavy atom. The molecular formula is C15H21ClFN. The molecule has 1 N–H and O–H groups in total. The van der Waals surface area contributed by atoms with E-state index in [0.717, 1.165) is 18.5 Å². The highest BCUT2D eigenvalue weighted by molar-refractivity contribution is 6.30. The molecule has 18 heavy (non-hydrogen) atoms. The van der Waals surface area contributed by atoms with Crippen LogP contribution >= 0.6 is 11.6 Å². The maximum atomic E-state index is 13.8. The minimum Gasteiger partial charge on any atom is -0.312 e. The van der Waals surface area contributed by atoms with Gasteiger partial charge in [0.1, 0.15) is 5.82 Å². The lowest BCUT2D eigenvalue weighted by Gasteiger charge is -2.25. The molecule has 0 spiro atoms. The first-order chi connectivity index (χ1) is 8.30. The van der Waals surface area contributed by atoms with Gasteiger partial charge in [-0.1, -0.05) is 17.7 Å². The van der Waals surface area contributed by atoms with Crippen LogP contribution in [-0.2, 0) is 6.42 Å². The zero-order valence-electron chi connectivity index (χ0n) is 11.3. The van der Waals surface area contributed by atoms with E-state index in [0.29, 0.717) is 5.02 Å². The third-order valence-electron chi connectivity index (χ3n) is 3.53. The maximum absolute atomic E-state index is 13.8. The van der Waals surface area contributed by atoms with Gasteiger partial charge in [0.25, 0.3) is 0 Å². The fourth-order valence-corrected chi connectivity index (χ4v) is 2.27. The van der Waals surface area contributed by atoms with Gasteiger partial charge in [0, 0.05) is 17.1 Å². The summed E-state index contributed by atoms with van der Waals surface area (Å²) in [6.45, 7) is 7.43. The summed E-state index contributed by atoms with van der Waals surface area (Å²) in [7, 11) is 0. The quantitative estimate of drug-likeness (QED) is 0.864. The van der Waals surface area contributed by atoms with Crippen molar-refractivity contribution in [1.82, 2.24) is 5.32 Å². The Labute approximate surface area is 114 Å². The predicted octanol–water partition coefficient (Wildman–Crippen LogP) is 4.19. The van der Waals surface area contributed by atoms with Crippen molar-refractivity contribution in [2.24, 2.45) is 5.41 Å². The van der Waals surface area contributed by atoms with Gasteiger partial charge in [0.05, 0.1) is 0 Å².